The first-order valence-electron chi connectivity index (χ1n) is 5.81. The lowest BCUT2D eigenvalue weighted by molar-refractivity contribution is 0.131. The zero-order valence-electron chi connectivity index (χ0n) is 9.31. The fourth-order valence-electron chi connectivity index (χ4n) is 4.43. The Balaban J connectivity index is 2.05. The minimum atomic E-state index is 0.604. The summed E-state index contributed by atoms with van der Waals surface area (Å²) in [6.45, 7) is 4.95. The third-order valence-electron chi connectivity index (χ3n) is 4.70. The average molecular weight is 208 g/mol. The number of hydrogen-bond donors (Lipinski definition) is 0. The maximum Gasteiger partial charge on any atom is -0.000168 e. The summed E-state index contributed by atoms with van der Waals surface area (Å²) in [6.07, 6.45) is 10.6. The zero-order chi connectivity index (χ0) is 9.86. The van der Waals surface area contributed by atoms with Crippen molar-refractivity contribution in [3.8, 4) is 0 Å². The van der Waals surface area contributed by atoms with E-state index in [-0.39, 0.29) is 0 Å². The summed E-state index contributed by atoms with van der Waals surface area (Å²) in [6, 6.07) is 0. The van der Waals surface area contributed by atoms with Crippen LogP contribution in [0, 0.1) is 16.2 Å². The quantitative estimate of drug-likeness (QED) is 0.544. The third-order valence-corrected chi connectivity index (χ3v) is 6.21. The van der Waals surface area contributed by atoms with E-state index in [1.807, 2.05) is 0 Å². The van der Waals surface area contributed by atoms with E-state index in [4.69, 9.17) is 0 Å². The summed E-state index contributed by atoms with van der Waals surface area (Å²) < 4.78 is 0. The molecule has 1 saturated carbocycles. The van der Waals surface area contributed by atoms with E-state index in [1.54, 1.807) is 0 Å². The summed E-state index contributed by atoms with van der Waals surface area (Å²) in [4.78, 5) is 0. The predicted octanol–water partition coefficient (Wildman–Crippen LogP) is 3.88. The lowest BCUT2D eigenvalue weighted by atomic mass is 9.62. The van der Waals surface area contributed by atoms with Crippen molar-refractivity contribution in [2.45, 2.75) is 39.5 Å². The van der Waals surface area contributed by atoms with E-state index in [2.05, 4.69) is 37.8 Å². The Morgan fingerprint density at radius 2 is 1.43 bits per heavy atom. The highest BCUT2D eigenvalue weighted by Gasteiger charge is 2.62. The van der Waals surface area contributed by atoms with Gasteiger partial charge in [-0.2, -0.15) is 11.8 Å². The van der Waals surface area contributed by atoms with Crippen LogP contribution in [0.3, 0.4) is 0 Å². The van der Waals surface area contributed by atoms with E-state index >= 15 is 0 Å². The van der Waals surface area contributed by atoms with Crippen molar-refractivity contribution in [1.82, 2.24) is 0 Å². The minimum absolute atomic E-state index is 0.604. The van der Waals surface area contributed by atoms with Crippen molar-refractivity contribution in [3.63, 3.8) is 0 Å². The van der Waals surface area contributed by atoms with E-state index in [0.717, 1.165) is 0 Å². The monoisotopic (exact) mass is 208 g/mol. The molecule has 0 radical (unpaired) electrons. The van der Waals surface area contributed by atoms with Crippen molar-refractivity contribution in [3.05, 3.63) is 12.2 Å². The molecule has 2 atom stereocenters. The molecule has 0 unspecified atom stereocenters. The Kier molecular flexibility index (Phi) is 1.74. The number of thioether (sulfide) groups is 1. The molecule has 0 aromatic heterocycles. The molecule has 0 bridgehead atoms. The minimum Gasteiger partial charge on any atom is -0.161 e. The molecule has 0 spiro atoms. The van der Waals surface area contributed by atoms with Gasteiger partial charge in [-0.05, 0) is 53.4 Å². The summed E-state index contributed by atoms with van der Waals surface area (Å²) in [5, 5.41) is 0. The van der Waals surface area contributed by atoms with Crippen LogP contribution in [-0.2, 0) is 0 Å². The van der Waals surface area contributed by atoms with Gasteiger partial charge < -0.3 is 0 Å². The van der Waals surface area contributed by atoms with Crippen LogP contribution in [0.5, 0.6) is 0 Å². The molecule has 2 fully saturated rings. The van der Waals surface area contributed by atoms with Crippen molar-refractivity contribution in [2.24, 2.45) is 16.2 Å². The van der Waals surface area contributed by atoms with Crippen molar-refractivity contribution in [1.29, 1.82) is 0 Å². The topological polar surface area (TPSA) is 0 Å². The van der Waals surface area contributed by atoms with Gasteiger partial charge in [0.05, 0.1) is 0 Å². The highest BCUT2D eigenvalue weighted by atomic mass is 32.2. The Labute approximate surface area is 91.5 Å². The van der Waals surface area contributed by atoms with Crippen LogP contribution >= 0.6 is 11.8 Å². The standard InChI is InChI=1S/C13H20S/c1-11(2)7-12-5-3-4-6-13(12,8-11)10-14-9-12/h3-4H,5-10H2,1-2H3/t12-,13-/m0/s1. The molecule has 3 rings (SSSR count). The summed E-state index contributed by atoms with van der Waals surface area (Å²) in [5.41, 5.74) is 1.98. The summed E-state index contributed by atoms with van der Waals surface area (Å²) in [7, 11) is 0. The van der Waals surface area contributed by atoms with E-state index in [9.17, 15) is 0 Å². The molecule has 1 aliphatic heterocycles. The Hall–Kier alpha value is 0.0900. The van der Waals surface area contributed by atoms with Crippen LogP contribution in [-0.4, -0.2) is 11.5 Å². The summed E-state index contributed by atoms with van der Waals surface area (Å²) in [5.74, 6) is 2.86. The fourth-order valence-corrected chi connectivity index (χ4v) is 6.37. The molecule has 14 heavy (non-hydrogen) atoms. The van der Waals surface area contributed by atoms with Gasteiger partial charge in [-0.3, -0.25) is 0 Å². The van der Waals surface area contributed by atoms with E-state index < -0.39 is 0 Å². The first kappa shape index (κ1) is 9.33. The molecule has 78 valence electrons. The number of rotatable bonds is 0. The van der Waals surface area contributed by atoms with Crippen LogP contribution < -0.4 is 0 Å². The third kappa shape index (κ3) is 1.02. The Bertz CT molecular complexity index is 266. The first-order valence-corrected chi connectivity index (χ1v) is 6.96. The lowest BCUT2D eigenvalue weighted by Gasteiger charge is -2.41. The van der Waals surface area contributed by atoms with Crippen LogP contribution in [0.2, 0.25) is 0 Å². The van der Waals surface area contributed by atoms with Gasteiger partial charge in [0.25, 0.3) is 0 Å². The van der Waals surface area contributed by atoms with Crippen LogP contribution in [0.25, 0.3) is 0 Å². The second-order valence-corrected chi connectivity index (χ2v) is 7.44. The van der Waals surface area contributed by atoms with Gasteiger partial charge in [0.15, 0.2) is 0 Å². The molecule has 0 nitrogen and oxygen atoms in total. The highest BCUT2D eigenvalue weighted by molar-refractivity contribution is 7.99. The lowest BCUT2D eigenvalue weighted by Crippen LogP contribution is -2.37. The Morgan fingerprint density at radius 1 is 0.929 bits per heavy atom. The Morgan fingerprint density at radius 3 is 1.93 bits per heavy atom. The van der Waals surface area contributed by atoms with Crippen LogP contribution in [0.1, 0.15) is 39.5 Å². The SMILES string of the molecule is CC1(C)C[C@]23CC=CC[C@@]2(CSC3)C1. The molecule has 1 saturated heterocycles. The van der Waals surface area contributed by atoms with Crippen molar-refractivity contribution < 1.29 is 0 Å². The van der Waals surface area contributed by atoms with Gasteiger partial charge in [-0.25, -0.2) is 0 Å². The molecule has 2 aliphatic carbocycles. The van der Waals surface area contributed by atoms with Crippen LogP contribution in [0.4, 0.5) is 0 Å². The number of hydrogen-bond acceptors (Lipinski definition) is 1. The second-order valence-electron chi connectivity index (χ2n) is 6.45. The molecule has 0 amide bonds. The first-order chi connectivity index (χ1) is 6.58. The van der Waals surface area contributed by atoms with Gasteiger partial charge in [0.1, 0.15) is 0 Å². The number of allylic oxidation sites excluding steroid dienone is 2. The second kappa shape index (κ2) is 2.61. The molecular formula is C13H20S. The van der Waals surface area contributed by atoms with E-state index in [1.165, 1.54) is 37.2 Å². The zero-order valence-corrected chi connectivity index (χ0v) is 10.1. The molecular weight excluding hydrogens is 188 g/mol. The molecule has 0 aromatic carbocycles. The van der Waals surface area contributed by atoms with Gasteiger partial charge >= 0.3 is 0 Å². The molecule has 1 heterocycles. The fraction of sp³-hybridized carbons (Fsp3) is 0.846. The molecule has 0 N–H and O–H groups in total. The van der Waals surface area contributed by atoms with Gasteiger partial charge in [-0.1, -0.05) is 26.0 Å². The largest absolute Gasteiger partial charge is 0.161 e. The van der Waals surface area contributed by atoms with Gasteiger partial charge in [0, 0.05) is 0 Å². The van der Waals surface area contributed by atoms with Crippen molar-refractivity contribution in [2.75, 3.05) is 11.5 Å². The van der Waals surface area contributed by atoms with Gasteiger partial charge in [0.2, 0.25) is 0 Å². The smallest absolute Gasteiger partial charge is 0.000168 e. The molecule has 1 heteroatoms. The maximum absolute atomic E-state index is 2.48. The van der Waals surface area contributed by atoms with E-state index in [0.29, 0.717) is 16.2 Å². The molecule has 3 aliphatic rings. The van der Waals surface area contributed by atoms with Crippen molar-refractivity contribution >= 4 is 11.8 Å². The van der Waals surface area contributed by atoms with Crippen LogP contribution in [0.15, 0.2) is 12.2 Å². The van der Waals surface area contributed by atoms with Gasteiger partial charge in [-0.15, -0.1) is 0 Å². The average Bonchev–Trinajstić information content (AvgIpc) is 2.50. The predicted molar refractivity (Wildman–Crippen MR) is 63.6 cm³/mol. The summed E-state index contributed by atoms with van der Waals surface area (Å²) >= 11 is 2.21. The maximum atomic E-state index is 2.48. The normalized spacial score (nSPS) is 49.0. The molecule has 0 aromatic rings. The highest BCUT2D eigenvalue weighted by Crippen LogP contribution is 2.70.